The van der Waals surface area contributed by atoms with Crippen LogP contribution in [0.2, 0.25) is 0 Å². The Balaban J connectivity index is 2.94. The molecule has 0 saturated carbocycles. The highest BCUT2D eigenvalue weighted by Crippen LogP contribution is 2.28. The average Bonchev–Trinajstić information content (AvgIpc) is 2.42. The zero-order valence-electron chi connectivity index (χ0n) is 11.8. The van der Waals surface area contributed by atoms with Gasteiger partial charge in [0.2, 0.25) is 5.91 Å². The average molecular weight is 342 g/mol. The van der Waals surface area contributed by atoms with Crippen molar-refractivity contribution in [3.05, 3.63) is 28.0 Å². The predicted molar refractivity (Wildman–Crippen MR) is 80.0 cm³/mol. The fraction of sp³-hybridized carbons (Fsp3) is 0.429. The van der Waals surface area contributed by atoms with E-state index in [0.717, 1.165) is 0 Å². The third kappa shape index (κ3) is 3.48. The zero-order valence-corrected chi connectivity index (χ0v) is 13.4. The van der Waals surface area contributed by atoms with Gasteiger partial charge in [-0.2, -0.15) is 5.26 Å². The molecule has 0 aromatic heterocycles. The van der Waals surface area contributed by atoms with Crippen LogP contribution in [-0.2, 0) is 4.79 Å². The van der Waals surface area contributed by atoms with Crippen molar-refractivity contribution < 1.29 is 9.18 Å². The number of amides is 1. The number of carbonyl (C=O) groups is 1. The Hall–Kier alpha value is -1.61. The van der Waals surface area contributed by atoms with Crippen LogP contribution in [0.15, 0.2) is 16.6 Å². The van der Waals surface area contributed by atoms with Crippen molar-refractivity contribution in [2.75, 3.05) is 31.6 Å². The van der Waals surface area contributed by atoms with Crippen LogP contribution in [0.3, 0.4) is 0 Å². The van der Waals surface area contributed by atoms with Crippen molar-refractivity contribution in [2.24, 2.45) is 0 Å². The summed E-state index contributed by atoms with van der Waals surface area (Å²) in [4.78, 5) is 15.2. The Morgan fingerprint density at radius 3 is 2.50 bits per heavy atom. The lowest BCUT2D eigenvalue weighted by Gasteiger charge is -2.25. The van der Waals surface area contributed by atoms with Crippen LogP contribution in [0.25, 0.3) is 0 Å². The maximum Gasteiger partial charge on any atom is 0.242 e. The lowest BCUT2D eigenvalue weighted by Crippen LogP contribution is -2.39. The molecule has 0 aliphatic carbocycles. The summed E-state index contributed by atoms with van der Waals surface area (Å²) in [5, 5.41) is 8.83. The molecule has 1 rings (SSSR count). The number of halogens is 2. The molecule has 4 nitrogen and oxygen atoms in total. The number of carbonyl (C=O) groups excluding carboxylic acids is 1. The van der Waals surface area contributed by atoms with Gasteiger partial charge in [-0.25, -0.2) is 4.39 Å². The number of hydrogen-bond acceptors (Lipinski definition) is 3. The van der Waals surface area contributed by atoms with E-state index < -0.39 is 5.82 Å². The van der Waals surface area contributed by atoms with E-state index in [1.54, 1.807) is 16.8 Å². The summed E-state index contributed by atoms with van der Waals surface area (Å²) in [7, 11) is 1.65. The maximum absolute atomic E-state index is 14.2. The summed E-state index contributed by atoms with van der Waals surface area (Å²) in [5.74, 6) is -0.587. The van der Waals surface area contributed by atoms with Crippen molar-refractivity contribution >= 4 is 27.5 Å². The Bertz CT molecular complexity index is 538. The number of rotatable bonds is 5. The van der Waals surface area contributed by atoms with E-state index in [2.05, 4.69) is 15.9 Å². The SMILES string of the molecule is CCN(CC)C(=O)CN(C)c1ccc(C#N)c(Br)c1F. The number of anilines is 1. The highest BCUT2D eigenvalue weighted by atomic mass is 79.9. The van der Waals surface area contributed by atoms with Gasteiger partial charge in [0.15, 0.2) is 5.82 Å². The summed E-state index contributed by atoms with van der Waals surface area (Å²) in [5.41, 5.74) is 0.520. The molecule has 0 spiro atoms. The fourth-order valence-electron chi connectivity index (χ4n) is 1.88. The molecule has 0 radical (unpaired) electrons. The summed E-state index contributed by atoms with van der Waals surface area (Å²) in [6, 6.07) is 4.94. The van der Waals surface area contributed by atoms with Crippen LogP contribution >= 0.6 is 15.9 Å². The fourth-order valence-corrected chi connectivity index (χ4v) is 2.31. The van der Waals surface area contributed by atoms with E-state index in [9.17, 15) is 9.18 Å². The van der Waals surface area contributed by atoms with E-state index in [0.29, 0.717) is 13.1 Å². The Morgan fingerprint density at radius 1 is 1.40 bits per heavy atom. The molecule has 0 fully saturated rings. The third-order valence-corrected chi connectivity index (χ3v) is 3.86. The lowest BCUT2D eigenvalue weighted by molar-refractivity contribution is -0.129. The second-order valence-electron chi connectivity index (χ2n) is 4.29. The number of benzene rings is 1. The van der Waals surface area contributed by atoms with Crippen molar-refractivity contribution in [2.45, 2.75) is 13.8 Å². The van der Waals surface area contributed by atoms with Gasteiger partial charge >= 0.3 is 0 Å². The van der Waals surface area contributed by atoms with Crippen molar-refractivity contribution in [3.63, 3.8) is 0 Å². The third-order valence-electron chi connectivity index (χ3n) is 3.08. The smallest absolute Gasteiger partial charge is 0.242 e. The largest absolute Gasteiger partial charge is 0.363 e. The quantitative estimate of drug-likeness (QED) is 0.827. The zero-order chi connectivity index (χ0) is 15.3. The van der Waals surface area contributed by atoms with Crippen LogP contribution in [0.5, 0.6) is 0 Å². The molecule has 0 atom stereocenters. The molecule has 0 aliphatic rings. The summed E-state index contributed by atoms with van der Waals surface area (Å²) in [6.07, 6.45) is 0. The lowest BCUT2D eigenvalue weighted by atomic mass is 10.2. The van der Waals surface area contributed by atoms with Gasteiger partial charge in [0, 0.05) is 20.1 Å². The molecular formula is C14H17BrFN3O. The number of nitriles is 1. The van der Waals surface area contributed by atoms with Gasteiger partial charge in [0.05, 0.1) is 22.3 Å². The van der Waals surface area contributed by atoms with Crippen LogP contribution in [-0.4, -0.2) is 37.5 Å². The monoisotopic (exact) mass is 341 g/mol. The predicted octanol–water partition coefficient (Wildman–Crippen LogP) is 2.76. The Morgan fingerprint density at radius 2 is 2.00 bits per heavy atom. The maximum atomic E-state index is 14.2. The highest BCUT2D eigenvalue weighted by Gasteiger charge is 2.18. The molecule has 0 N–H and O–H groups in total. The second-order valence-corrected chi connectivity index (χ2v) is 5.09. The molecule has 0 saturated heterocycles. The first-order valence-electron chi connectivity index (χ1n) is 6.33. The molecular weight excluding hydrogens is 325 g/mol. The Kier molecular flexibility index (Phi) is 5.96. The molecule has 1 aromatic carbocycles. The van der Waals surface area contributed by atoms with Crippen LogP contribution in [0, 0.1) is 17.1 Å². The molecule has 1 amide bonds. The number of nitrogens with zero attached hydrogens (tertiary/aromatic N) is 3. The first kappa shape index (κ1) is 16.4. The van der Waals surface area contributed by atoms with E-state index in [4.69, 9.17) is 5.26 Å². The number of hydrogen-bond donors (Lipinski definition) is 0. The second kappa shape index (κ2) is 7.25. The topological polar surface area (TPSA) is 47.3 Å². The first-order valence-corrected chi connectivity index (χ1v) is 7.12. The number of likely N-dealkylation sites (N-methyl/N-ethyl adjacent to an activating group) is 2. The molecule has 6 heteroatoms. The minimum Gasteiger partial charge on any atom is -0.363 e. The van der Waals surface area contributed by atoms with Gasteiger partial charge < -0.3 is 9.80 Å². The molecule has 0 unspecified atom stereocenters. The summed E-state index contributed by atoms with van der Waals surface area (Å²) < 4.78 is 14.3. The van der Waals surface area contributed by atoms with E-state index in [-0.39, 0.29) is 28.2 Å². The van der Waals surface area contributed by atoms with Gasteiger partial charge in [-0.05, 0) is 41.9 Å². The van der Waals surface area contributed by atoms with E-state index in [1.807, 2.05) is 19.9 Å². The standard InChI is InChI=1S/C14H17BrFN3O/c1-4-19(5-2)12(20)9-18(3)11-7-6-10(8-17)13(15)14(11)16/h6-7H,4-5,9H2,1-3H3. The molecule has 0 bridgehead atoms. The van der Waals surface area contributed by atoms with Gasteiger partial charge in [-0.1, -0.05) is 0 Å². The summed E-state index contributed by atoms with van der Waals surface area (Å²) >= 11 is 3.06. The minimum absolute atomic E-state index is 0.0580. The van der Waals surface area contributed by atoms with Crippen molar-refractivity contribution in [1.82, 2.24) is 4.90 Å². The molecule has 0 heterocycles. The molecule has 108 valence electrons. The molecule has 1 aromatic rings. The van der Waals surface area contributed by atoms with E-state index in [1.165, 1.54) is 12.1 Å². The first-order chi connectivity index (χ1) is 9.46. The molecule has 20 heavy (non-hydrogen) atoms. The minimum atomic E-state index is -0.529. The van der Waals surface area contributed by atoms with Crippen molar-refractivity contribution in [1.29, 1.82) is 5.26 Å². The molecule has 0 aliphatic heterocycles. The highest BCUT2D eigenvalue weighted by molar-refractivity contribution is 9.10. The van der Waals surface area contributed by atoms with Gasteiger partial charge in [-0.15, -0.1) is 0 Å². The van der Waals surface area contributed by atoms with Crippen LogP contribution in [0.1, 0.15) is 19.4 Å². The van der Waals surface area contributed by atoms with Gasteiger partial charge in [0.25, 0.3) is 0 Å². The normalized spacial score (nSPS) is 10.0. The van der Waals surface area contributed by atoms with Crippen molar-refractivity contribution in [3.8, 4) is 6.07 Å². The Labute approximate surface area is 126 Å². The van der Waals surface area contributed by atoms with Crippen LogP contribution < -0.4 is 4.90 Å². The van der Waals surface area contributed by atoms with Crippen LogP contribution in [0.4, 0.5) is 10.1 Å². The van der Waals surface area contributed by atoms with Gasteiger partial charge in [0.1, 0.15) is 6.07 Å². The summed E-state index contributed by atoms with van der Waals surface area (Å²) in [6.45, 7) is 5.16. The van der Waals surface area contributed by atoms with E-state index >= 15 is 0 Å². The van der Waals surface area contributed by atoms with Gasteiger partial charge in [-0.3, -0.25) is 4.79 Å².